The number of carboxylic acid groups (broad SMARTS) is 1. The summed E-state index contributed by atoms with van der Waals surface area (Å²) in [5.41, 5.74) is 3.72. The van der Waals surface area contributed by atoms with Crippen LogP contribution in [0.4, 0.5) is 17.6 Å². The first-order valence-electron chi connectivity index (χ1n) is 11.1. The van der Waals surface area contributed by atoms with Gasteiger partial charge in [-0.2, -0.15) is 27.9 Å². The van der Waals surface area contributed by atoms with Crippen LogP contribution in [-0.2, 0) is 18.4 Å². The number of carboxylic acids is 1. The van der Waals surface area contributed by atoms with E-state index in [2.05, 4.69) is 20.2 Å². The topological polar surface area (TPSA) is 101 Å². The van der Waals surface area contributed by atoms with Gasteiger partial charge in [-0.15, -0.1) is 10.2 Å². The van der Waals surface area contributed by atoms with E-state index >= 15 is 0 Å². The Morgan fingerprint density at radius 3 is 2.31 bits per heavy atom. The minimum absolute atomic E-state index is 0.191. The number of rotatable bonds is 4. The Hall–Kier alpha value is -3.87. The molecule has 1 aliphatic heterocycles. The summed E-state index contributed by atoms with van der Waals surface area (Å²) in [4.78, 5) is 11.3. The molecule has 4 heterocycles. The predicted octanol–water partition coefficient (Wildman–Crippen LogP) is 3.68. The van der Waals surface area contributed by atoms with Crippen molar-refractivity contribution in [2.24, 2.45) is 7.05 Å². The highest BCUT2D eigenvalue weighted by atomic mass is 19.4. The van der Waals surface area contributed by atoms with E-state index in [0.717, 1.165) is 60.9 Å². The van der Waals surface area contributed by atoms with Crippen LogP contribution in [0.2, 0.25) is 0 Å². The van der Waals surface area contributed by atoms with Crippen LogP contribution in [0, 0.1) is 5.82 Å². The van der Waals surface area contributed by atoms with Crippen molar-refractivity contribution in [3.8, 4) is 11.4 Å². The van der Waals surface area contributed by atoms with Gasteiger partial charge in [-0.05, 0) is 61.8 Å². The fourth-order valence-electron chi connectivity index (χ4n) is 4.02. The van der Waals surface area contributed by atoms with Crippen LogP contribution in [0.1, 0.15) is 30.1 Å². The van der Waals surface area contributed by atoms with Gasteiger partial charge < -0.3 is 5.11 Å². The van der Waals surface area contributed by atoms with Crippen molar-refractivity contribution >= 4 is 11.6 Å². The first-order valence-corrected chi connectivity index (χ1v) is 11.1. The van der Waals surface area contributed by atoms with Crippen molar-refractivity contribution in [3.05, 3.63) is 65.9 Å². The van der Waals surface area contributed by atoms with Gasteiger partial charge in [0.1, 0.15) is 11.5 Å². The largest absolute Gasteiger partial charge is 0.490 e. The van der Waals surface area contributed by atoms with Crippen molar-refractivity contribution in [3.63, 3.8) is 0 Å². The second-order valence-corrected chi connectivity index (χ2v) is 8.37. The summed E-state index contributed by atoms with van der Waals surface area (Å²) in [6.45, 7) is 2.78. The molecule has 0 spiro atoms. The van der Waals surface area contributed by atoms with E-state index in [1.54, 1.807) is 6.20 Å². The molecule has 4 aromatic rings. The second kappa shape index (κ2) is 10.4. The SMILES string of the molecule is Cn1nccc1-c1ccc2nnc(C3CCN(Cc4ccc(F)cc4)CC3)n2n1.O=C(O)C(F)(F)F. The number of halogens is 4. The van der Waals surface area contributed by atoms with Gasteiger partial charge in [-0.25, -0.2) is 9.18 Å². The van der Waals surface area contributed by atoms with Crippen LogP contribution >= 0.6 is 0 Å². The standard InChI is InChI=1S/C21H22FN7.C2HF3O2/c1-27-19(8-11-23-27)18-6-7-20-24-25-21(29(20)26-18)16-9-12-28(13-10-16)14-15-2-4-17(22)5-3-15;3-2(4,5)1(6)7/h2-8,11,16H,9-10,12-14H2,1H3;(H,6,7). The Balaban J connectivity index is 0.000000384. The minimum Gasteiger partial charge on any atom is -0.475 e. The average Bonchev–Trinajstić information content (AvgIpc) is 3.46. The highest BCUT2D eigenvalue weighted by Gasteiger charge is 2.38. The molecule has 9 nitrogen and oxygen atoms in total. The average molecular weight is 505 g/mol. The Kier molecular flexibility index (Phi) is 7.29. The van der Waals surface area contributed by atoms with Crippen molar-refractivity contribution in [1.29, 1.82) is 0 Å². The molecule has 0 radical (unpaired) electrons. The van der Waals surface area contributed by atoms with Crippen molar-refractivity contribution in [2.45, 2.75) is 31.5 Å². The molecule has 1 aliphatic rings. The third-order valence-electron chi connectivity index (χ3n) is 5.88. The maximum atomic E-state index is 13.1. The van der Waals surface area contributed by atoms with Crippen molar-refractivity contribution in [2.75, 3.05) is 13.1 Å². The number of alkyl halides is 3. The molecule has 0 aliphatic carbocycles. The normalized spacial score (nSPS) is 15.0. The Morgan fingerprint density at radius 2 is 1.72 bits per heavy atom. The van der Waals surface area contributed by atoms with Crippen LogP contribution in [-0.4, -0.2) is 64.8 Å². The molecule has 0 unspecified atom stereocenters. The Labute approximate surface area is 203 Å². The van der Waals surface area contributed by atoms with Crippen LogP contribution in [0.15, 0.2) is 48.7 Å². The van der Waals surface area contributed by atoms with E-state index in [4.69, 9.17) is 15.0 Å². The number of carbonyl (C=O) groups is 1. The van der Waals surface area contributed by atoms with Gasteiger partial charge in [0, 0.05) is 25.7 Å². The molecule has 1 aromatic carbocycles. The molecule has 0 bridgehead atoms. The monoisotopic (exact) mass is 505 g/mol. The molecule has 0 saturated carbocycles. The molecule has 5 rings (SSSR count). The fraction of sp³-hybridized carbons (Fsp3) is 0.348. The lowest BCUT2D eigenvalue weighted by atomic mass is 9.96. The lowest BCUT2D eigenvalue weighted by molar-refractivity contribution is -0.192. The van der Waals surface area contributed by atoms with Crippen molar-refractivity contribution < 1.29 is 27.5 Å². The van der Waals surface area contributed by atoms with Crippen LogP contribution in [0.3, 0.4) is 0 Å². The second-order valence-electron chi connectivity index (χ2n) is 8.37. The van der Waals surface area contributed by atoms with Gasteiger partial charge >= 0.3 is 12.1 Å². The predicted molar refractivity (Wildman–Crippen MR) is 120 cm³/mol. The molecule has 1 N–H and O–H groups in total. The van der Waals surface area contributed by atoms with Crippen molar-refractivity contribution in [1.82, 2.24) is 34.5 Å². The Morgan fingerprint density at radius 1 is 1.06 bits per heavy atom. The van der Waals surface area contributed by atoms with E-state index in [0.29, 0.717) is 5.92 Å². The summed E-state index contributed by atoms with van der Waals surface area (Å²) in [6, 6.07) is 12.6. The molecular weight excluding hydrogens is 482 g/mol. The lowest BCUT2D eigenvalue weighted by Gasteiger charge is -2.31. The summed E-state index contributed by atoms with van der Waals surface area (Å²) in [5, 5.41) is 24.9. The zero-order valence-electron chi connectivity index (χ0n) is 19.2. The zero-order chi connectivity index (χ0) is 25.9. The van der Waals surface area contributed by atoms with Gasteiger partial charge in [-0.1, -0.05) is 12.1 Å². The molecule has 1 fully saturated rings. The number of hydrogen-bond acceptors (Lipinski definition) is 6. The summed E-state index contributed by atoms with van der Waals surface area (Å²) < 4.78 is 48.5. The number of likely N-dealkylation sites (tertiary alicyclic amines) is 1. The molecule has 0 amide bonds. The minimum atomic E-state index is -5.08. The number of aryl methyl sites for hydroxylation is 1. The Bertz CT molecular complexity index is 1330. The summed E-state index contributed by atoms with van der Waals surface area (Å²) in [6.07, 6.45) is -1.32. The highest BCUT2D eigenvalue weighted by molar-refractivity contribution is 5.73. The number of benzene rings is 1. The quantitative estimate of drug-likeness (QED) is 0.422. The molecule has 0 atom stereocenters. The zero-order valence-corrected chi connectivity index (χ0v) is 19.2. The van der Waals surface area contributed by atoms with Gasteiger partial charge in [0.2, 0.25) is 0 Å². The first kappa shape index (κ1) is 25.2. The fourth-order valence-corrected chi connectivity index (χ4v) is 4.02. The highest BCUT2D eigenvalue weighted by Crippen LogP contribution is 2.28. The number of aromatic nitrogens is 6. The van der Waals surface area contributed by atoms with E-state index in [9.17, 15) is 17.6 Å². The van der Waals surface area contributed by atoms with Crippen LogP contribution in [0.5, 0.6) is 0 Å². The molecule has 1 saturated heterocycles. The first-order chi connectivity index (χ1) is 17.1. The van der Waals surface area contributed by atoms with E-state index in [1.807, 2.05) is 46.6 Å². The maximum absolute atomic E-state index is 13.1. The van der Waals surface area contributed by atoms with Crippen LogP contribution < -0.4 is 0 Å². The molecule has 3 aromatic heterocycles. The van der Waals surface area contributed by atoms with Gasteiger partial charge in [-0.3, -0.25) is 9.58 Å². The maximum Gasteiger partial charge on any atom is 0.490 e. The molecule has 190 valence electrons. The van der Waals surface area contributed by atoms with E-state index in [-0.39, 0.29) is 5.82 Å². The smallest absolute Gasteiger partial charge is 0.475 e. The number of nitrogens with zero attached hydrogens (tertiary/aromatic N) is 7. The molecular formula is C23H23F4N7O2. The lowest BCUT2D eigenvalue weighted by Crippen LogP contribution is -2.33. The third kappa shape index (κ3) is 5.85. The molecule has 36 heavy (non-hydrogen) atoms. The van der Waals surface area contributed by atoms with Gasteiger partial charge in [0.05, 0.1) is 5.69 Å². The number of aliphatic carboxylic acids is 1. The number of piperidine rings is 1. The number of hydrogen-bond donors (Lipinski definition) is 1. The van der Waals surface area contributed by atoms with Crippen LogP contribution in [0.25, 0.3) is 17.0 Å². The number of fused-ring (bicyclic) bond motifs is 1. The van der Waals surface area contributed by atoms with E-state index < -0.39 is 12.1 Å². The summed E-state index contributed by atoms with van der Waals surface area (Å²) in [7, 11) is 1.91. The van der Waals surface area contributed by atoms with Gasteiger partial charge in [0.25, 0.3) is 0 Å². The van der Waals surface area contributed by atoms with Gasteiger partial charge in [0.15, 0.2) is 11.5 Å². The van der Waals surface area contributed by atoms with E-state index in [1.165, 1.54) is 12.1 Å². The summed E-state index contributed by atoms with van der Waals surface area (Å²) in [5.74, 6) is -1.70. The third-order valence-corrected chi connectivity index (χ3v) is 5.88. The molecule has 13 heteroatoms. The summed E-state index contributed by atoms with van der Waals surface area (Å²) >= 11 is 0.